The van der Waals surface area contributed by atoms with Crippen LogP contribution in [0.1, 0.15) is 25.0 Å². The van der Waals surface area contributed by atoms with Gasteiger partial charge in [0.1, 0.15) is 0 Å². The minimum absolute atomic E-state index is 0.888. The lowest BCUT2D eigenvalue weighted by Gasteiger charge is -2.24. The molecule has 0 amide bonds. The van der Waals surface area contributed by atoms with Crippen LogP contribution in [-0.2, 0) is 6.42 Å². The molecule has 2 aromatic rings. The first-order chi connectivity index (χ1) is 7.92. The quantitative estimate of drug-likeness (QED) is 0.764. The van der Waals surface area contributed by atoms with E-state index in [0.717, 1.165) is 12.3 Å². The second-order valence-electron chi connectivity index (χ2n) is 4.61. The van der Waals surface area contributed by atoms with Crippen molar-refractivity contribution in [2.75, 3.05) is 0 Å². The maximum absolute atomic E-state index is 4.48. The average Bonchev–Trinajstić information content (AvgIpc) is 2.73. The van der Waals surface area contributed by atoms with Gasteiger partial charge in [-0.15, -0.1) is 0 Å². The molecule has 0 radical (unpaired) electrons. The fourth-order valence-corrected chi connectivity index (χ4v) is 2.20. The normalized spacial score (nSPS) is 16.0. The van der Waals surface area contributed by atoms with E-state index < -0.39 is 0 Å². The highest BCUT2D eigenvalue weighted by atomic mass is 15.0. The molecule has 0 N–H and O–H groups in total. The van der Waals surface area contributed by atoms with Gasteiger partial charge in [0, 0.05) is 11.9 Å². The molecule has 0 spiro atoms. The molecule has 1 aromatic carbocycles. The van der Waals surface area contributed by atoms with E-state index >= 15 is 0 Å². The molecule has 1 aliphatic rings. The van der Waals surface area contributed by atoms with Gasteiger partial charge in [0.2, 0.25) is 0 Å². The van der Waals surface area contributed by atoms with E-state index in [1.165, 1.54) is 30.6 Å². The Labute approximate surface area is 95.9 Å². The van der Waals surface area contributed by atoms with Gasteiger partial charge in [-0.3, -0.25) is 0 Å². The van der Waals surface area contributed by atoms with Crippen molar-refractivity contribution in [1.29, 1.82) is 0 Å². The van der Waals surface area contributed by atoms with Crippen LogP contribution in [0, 0.1) is 5.92 Å². The minimum Gasteiger partial charge on any atom is -0.306 e. The molecule has 0 saturated heterocycles. The Balaban J connectivity index is 1.77. The fraction of sp³-hybridized carbons (Fsp3) is 0.357. The molecule has 1 fully saturated rings. The van der Waals surface area contributed by atoms with Crippen molar-refractivity contribution in [3.63, 3.8) is 0 Å². The molecule has 2 nitrogen and oxygen atoms in total. The maximum Gasteiger partial charge on any atom is 0.0995 e. The Bertz CT molecular complexity index is 455. The summed E-state index contributed by atoms with van der Waals surface area (Å²) in [6, 6.07) is 10.4. The molecule has 3 rings (SSSR count). The van der Waals surface area contributed by atoms with Crippen molar-refractivity contribution < 1.29 is 0 Å². The predicted molar refractivity (Wildman–Crippen MR) is 64.6 cm³/mol. The number of benzene rings is 1. The van der Waals surface area contributed by atoms with E-state index in [1.807, 2.05) is 12.4 Å². The zero-order valence-corrected chi connectivity index (χ0v) is 9.34. The first kappa shape index (κ1) is 9.64. The van der Waals surface area contributed by atoms with Crippen LogP contribution < -0.4 is 0 Å². The van der Waals surface area contributed by atoms with Crippen LogP contribution in [0.4, 0.5) is 0 Å². The van der Waals surface area contributed by atoms with Crippen LogP contribution in [-0.4, -0.2) is 9.55 Å². The third-order valence-corrected chi connectivity index (χ3v) is 3.41. The molecule has 0 bridgehead atoms. The molecular weight excluding hydrogens is 196 g/mol. The van der Waals surface area contributed by atoms with Gasteiger partial charge < -0.3 is 4.57 Å². The van der Waals surface area contributed by atoms with Crippen molar-refractivity contribution in [1.82, 2.24) is 9.55 Å². The first-order valence-corrected chi connectivity index (χ1v) is 6.00. The van der Waals surface area contributed by atoms with Crippen molar-refractivity contribution in [2.24, 2.45) is 5.92 Å². The second-order valence-corrected chi connectivity index (χ2v) is 4.61. The highest BCUT2D eigenvalue weighted by molar-refractivity contribution is 5.31. The molecular formula is C14H16N2. The summed E-state index contributed by atoms with van der Waals surface area (Å²) >= 11 is 0. The van der Waals surface area contributed by atoms with Crippen molar-refractivity contribution in [3.05, 3.63) is 48.5 Å². The van der Waals surface area contributed by atoms with E-state index in [1.54, 1.807) is 0 Å². The number of rotatable bonds is 3. The number of aromatic nitrogens is 2. The highest BCUT2D eigenvalue weighted by Gasteiger charge is 2.18. The van der Waals surface area contributed by atoms with Crippen LogP contribution in [0.5, 0.6) is 0 Å². The van der Waals surface area contributed by atoms with Crippen LogP contribution in [0.2, 0.25) is 0 Å². The van der Waals surface area contributed by atoms with Crippen molar-refractivity contribution in [3.8, 4) is 5.69 Å². The molecule has 1 aromatic heterocycles. The van der Waals surface area contributed by atoms with Gasteiger partial charge in [0.25, 0.3) is 0 Å². The van der Waals surface area contributed by atoms with E-state index in [-0.39, 0.29) is 0 Å². The molecule has 0 aliphatic heterocycles. The summed E-state index contributed by atoms with van der Waals surface area (Å²) in [4.78, 5) is 4.48. The highest BCUT2D eigenvalue weighted by Crippen LogP contribution is 2.29. The molecule has 1 heterocycles. The summed E-state index contributed by atoms with van der Waals surface area (Å²) in [5, 5.41) is 0. The summed E-state index contributed by atoms with van der Waals surface area (Å²) in [5.74, 6) is 0.888. The lowest BCUT2D eigenvalue weighted by molar-refractivity contribution is 0.312. The summed E-state index contributed by atoms with van der Waals surface area (Å²) in [5.41, 5.74) is 2.42. The molecule has 0 unspecified atom stereocenters. The van der Waals surface area contributed by atoms with Gasteiger partial charge in [0.05, 0.1) is 12.0 Å². The van der Waals surface area contributed by atoms with Gasteiger partial charge in [-0.2, -0.15) is 0 Å². The van der Waals surface area contributed by atoms with Crippen molar-refractivity contribution in [2.45, 2.75) is 25.7 Å². The zero-order chi connectivity index (χ0) is 10.8. The Morgan fingerprint density at radius 1 is 1.19 bits per heavy atom. The van der Waals surface area contributed by atoms with Crippen LogP contribution in [0.3, 0.4) is 0 Å². The topological polar surface area (TPSA) is 17.8 Å². The minimum atomic E-state index is 0.888. The van der Waals surface area contributed by atoms with Gasteiger partial charge in [-0.05, 0) is 24.5 Å². The zero-order valence-electron chi connectivity index (χ0n) is 9.34. The lowest BCUT2D eigenvalue weighted by atomic mass is 9.82. The third kappa shape index (κ3) is 1.87. The van der Waals surface area contributed by atoms with E-state index in [2.05, 4.69) is 40.0 Å². The Kier molecular flexibility index (Phi) is 2.49. The Morgan fingerprint density at radius 3 is 2.69 bits per heavy atom. The lowest BCUT2D eigenvalue weighted by Crippen LogP contribution is -2.13. The number of hydrogen-bond donors (Lipinski definition) is 0. The maximum atomic E-state index is 4.48. The fourth-order valence-electron chi connectivity index (χ4n) is 2.20. The Hall–Kier alpha value is -1.57. The second kappa shape index (κ2) is 4.12. The monoisotopic (exact) mass is 212 g/mol. The van der Waals surface area contributed by atoms with Crippen LogP contribution >= 0.6 is 0 Å². The Morgan fingerprint density at radius 2 is 2.00 bits per heavy atom. The van der Waals surface area contributed by atoms with E-state index in [9.17, 15) is 0 Å². The molecule has 16 heavy (non-hydrogen) atoms. The standard InChI is InChI=1S/C14H16N2/c1-2-7-14(8-3-1)16-10-13(15-11-16)9-12-5-4-6-12/h1-3,7-8,10-12H,4-6,9H2. The SMILES string of the molecule is c1ccc(-n2cnc(CC3CCC3)c2)cc1. The number of imidazole rings is 1. The molecule has 1 saturated carbocycles. The summed E-state index contributed by atoms with van der Waals surface area (Å²) < 4.78 is 2.11. The smallest absolute Gasteiger partial charge is 0.0995 e. The van der Waals surface area contributed by atoms with E-state index in [4.69, 9.17) is 0 Å². The van der Waals surface area contributed by atoms with Gasteiger partial charge in [-0.25, -0.2) is 4.98 Å². The van der Waals surface area contributed by atoms with Crippen molar-refractivity contribution >= 4 is 0 Å². The third-order valence-electron chi connectivity index (χ3n) is 3.41. The van der Waals surface area contributed by atoms with Gasteiger partial charge in [0.15, 0.2) is 0 Å². The number of nitrogens with zero attached hydrogens (tertiary/aromatic N) is 2. The molecule has 0 atom stereocenters. The predicted octanol–water partition coefficient (Wildman–Crippen LogP) is 3.21. The molecule has 2 heteroatoms. The molecule has 82 valence electrons. The number of hydrogen-bond acceptors (Lipinski definition) is 1. The van der Waals surface area contributed by atoms with E-state index in [0.29, 0.717) is 0 Å². The summed E-state index contributed by atoms with van der Waals surface area (Å²) in [7, 11) is 0. The van der Waals surface area contributed by atoms with Crippen LogP contribution in [0.25, 0.3) is 5.69 Å². The number of para-hydroxylation sites is 1. The first-order valence-electron chi connectivity index (χ1n) is 6.00. The largest absolute Gasteiger partial charge is 0.306 e. The molecule has 1 aliphatic carbocycles. The summed E-state index contributed by atoms with van der Waals surface area (Å²) in [6.45, 7) is 0. The summed E-state index contributed by atoms with van der Waals surface area (Å²) in [6.07, 6.45) is 9.41. The van der Waals surface area contributed by atoms with Crippen LogP contribution in [0.15, 0.2) is 42.9 Å². The van der Waals surface area contributed by atoms with Gasteiger partial charge in [-0.1, -0.05) is 37.5 Å². The average molecular weight is 212 g/mol. The van der Waals surface area contributed by atoms with Gasteiger partial charge >= 0.3 is 0 Å².